The molecule has 5 heterocycles. The number of carbonyl (C=O) groups is 1. The number of halogens is 1. The number of anilines is 1. The van der Waals surface area contributed by atoms with E-state index >= 15 is 0 Å². The number of fused-ring (bicyclic) bond motifs is 4. The average Bonchev–Trinajstić information content (AvgIpc) is 3.11. The van der Waals surface area contributed by atoms with Gasteiger partial charge < -0.3 is 15.0 Å². The van der Waals surface area contributed by atoms with E-state index in [1.54, 1.807) is 12.3 Å². The number of amides is 1. The third-order valence-corrected chi connectivity index (χ3v) is 7.01. The Kier molecular flexibility index (Phi) is 5.27. The van der Waals surface area contributed by atoms with Crippen molar-refractivity contribution in [2.75, 3.05) is 18.5 Å². The number of ether oxygens (including phenoxy) is 1. The van der Waals surface area contributed by atoms with Gasteiger partial charge in [-0.1, -0.05) is 23.7 Å². The molecule has 2 unspecified atom stereocenters. The summed E-state index contributed by atoms with van der Waals surface area (Å²) in [5.41, 5.74) is 2.55. The van der Waals surface area contributed by atoms with Gasteiger partial charge in [0.1, 0.15) is 17.5 Å². The molecule has 0 aliphatic carbocycles. The fourth-order valence-electron chi connectivity index (χ4n) is 5.02. The second-order valence-corrected chi connectivity index (χ2v) is 9.24. The first-order chi connectivity index (χ1) is 16.6. The van der Waals surface area contributed by atoms with E-state index in [4.69, 9.17) is 21.3 Å². The number of nitrogens with one attached hydrogen (secondary N) is 1. The number of nitrogens with zero attached hydrogens (tertiary/aromatic N) is 5. The van der Waals surface area contributed by atoms with Crippen molar-refractivity contribution in [3.05, 3.63) is 65.3 Å². The largest absolute Gasteiger partial charge is 0.377 e. The van der Waals surface area contributed by atoms with Gasteiger partial charge in [-0.05, 0) is 49.4 Å². The molecule has 2 bridgehead atoms. The zero-order valence-electron chi connectivity index (χ0n) is 18.6. The van der Waals surface area contributed by atoms with Crippen LogP contribution in [0.2, 0.25) is 5.02 Å². The van der Waals surface area contributed by atoms with E-state index in [1.165, 1.54) is 6.33 Å². The first kappa shape index (κ1) is 21.2. The smallest absolute Gasteiger partial charge is 0.273 e. The van der Waals surface area contributed by atoms with E-state index in [-0.39, 0.29) is 24.0 Å². The molecule has 2 aliphatic heterocycles. The third kappa shape index (κ3) is 3.54. The Hall–Kier alpha value is -3.36. The highest BCUT2D eigenvalue weighted by atomic mass is 35.5. The predicted octanol–water partition coefficient (Wildman–Crippen LogP) is 4.40. The van der Waals surface area contributed by atoms with Crippen LogP contribution >= 0.6 is 11.6 Å². The lowest BCUT2D eigenvalue weighted by molar-refractivity contribution is -0.00736. The first-order valence-electron chi connectivity index (χ1n) is 11.4. The molecule has 3 aromatic heterocycles. The molecule has 1 amide bonds. The van der Waals surface area contributed by atoms with Gasteiger partial charge in [0.2, 0.25) is 0 Å². The van der Waals surface area contributed by atoms with E-state index < -0.39 is 0 Å². The maximum absolute atomic E-state index is 13.8. The van der Waals surface area contributed by atoms with Crippen LogP contribution in [0.5, 0.6) is 0 Å². The second kappa shape index (κ2) is 8.45. The Morgan fingerprint density at radius 2 is 1.97 bits per heavy atom. The number of morpholine rings is 1. The zero-order chi connectivity index (χ0) is 23.2. The van der Waals surface area contributed by atoms with Gasteiger partial charge in [0.05, 0.1) is 47.6 Å². The van der Waals surface area contributed by atoms with Gasteiger partial charge in [0.25, 0.3) is 5.91 Å². The molecule has 3 atom stereocenters. The molecule has 172 valence electrons. The number of benzene rings is 1. The first-order valence-corrected chi connectivity index (χ1v) is 11.8. The summed E-state index contributed by atoms with van der Waals surface area (Å²) in [6, 6.07) is 11.3. The fraction of sp³-hybridized carbons (Fsp3) is 0.320. The van der Waals surface area contributed by atoms with Crippen molar-refractivity contribution in [3.8, 4) is 0 Å². The summed E-state index contributed by atoms with van der Waals surface area (Å²) < 4.78 is 5.68. The van der Waals surface area contributed by atoms with Gasteiger partial charge >= 0.3 is 0 Å². The normalized spacial score (nSPS) is 20.6. The highest BCUT2D eigenvalue weighted by Gasteiger charge is 2.41. The summed E-state index contributed by atoms with van der Waals surface area (Å²) >= 11 is 6.58. The van der Waals surface area contributed by atoms with Crippen LogP contribution in [0.4, 0.5) is 5.82 Å². The van der Waals surface area contributed by atoms with E-state index in [1.807, 2.05) is 42.2 Å². The van der Waals surface area contributed by atoms with Gasteiger partial charge in [0, 0.05) is 11.6 Å². The predicted molar refractivity (Wildman–Crippen MR) is 130 cm³/mol. The number of hydrogen-bond acceptors (Lipinski definition) is 7. The topological polar surface area (TPSA) is 93.1 Å². The highest BCUT2D eigenvalue weighted by Crippen LogP contribution is 2.34. The highest BCUT2D eigenvalue weighted by molar-refractivity contribution is 6.36. The van der Waals surface area contributed by atoms with Crippen molar-refractivity contribution in [2.24, 2.45) is 0 Å². The number of hydrogen-bond donors (Lipinski definition) is 1. The maximum atomic E-state index is 13.8. The minimum atomic E-state index is -0.239. The Balaban J connectivity index is 1.42. The van der Waals surface area contributed by atoms with E-state index in [2.05, 4.69) is 20.3 Å². The summed E-state index contributed by atoms with van der Waals surface area (Å²) in [4.78, 5) is 33.7. The molecule has 1 aromatic carbocycles. The molecule has 0 radical (unpaired) electrons. The molecule has 1 N–H and O–H groups in total. The van der Waals surface area contributed by atoms with E-state index in [0.717, 1.165) is 29.4 Å². The number of aromatic nitrogens is 4. The van der Waals surface area contributed by atoms with Crippen molar-refractivity contribution < 1.29 is 9.53 Å². The number of carbonyl (C=O) groups excluding carboxylic acids is 1. The van der Waals surface area contributed by atoms with Gasteiger partial charge in [0.15, 0.2) is 5.82 Å². The monoisotopic (exact) mass is 474 g/mol. The lowest BCUT2D eigenvalue weighted by Gasteiger charge is -2.34. The molecule has 0 spiro atoms. The van der Waals surface area contributed by atoms with Gasteiger partial charge in [-0.15, -0.1) is 0 Å². The molecule has 34 heavy (non-hydrogen) atoms. The van der Waals surface area contributed by atoms with Crippen LogP contribution in [0.25, 0.3) is 21.8 Å². The fourth-order valence-corrected chi connectivity index (χ4v) is 5.30. The average molecular weight is 475 g/mol. The Bertz CT molecular complexity index is 1390. The van der Waals surface area contributed by atoms with E-state index in [0.29, 0.717) is 40.7 Å². The van der Waals surface area contributed by atoms with Crippen molar-refractivity contribution in [3.63, 3.8) is 0 Å². The Morgan fingerprint density at radius 3 is 2.79 bits per heavy atom. The van der Waals surface area contributed by atoms with Crippen molar-refractivity contribution in [1.82, 2.24) is 24.8 Å². The molecular formula is C25H23ClN6O2. The van der Waals surface area contributed by atoms with Crippen LogP contribution in [0, 0.1) is 0 Å². The van der Waals surface area contributed by atoms with Crippen LogP contribution in [0.1, 0.15) is 42.0 Å². The SMILES string of the molecule is C[C@H](Nc1ncnc2cccnc12)c1cc2cccc(Cl)c2c(C(=O)N2C3CCC2COC3)n1. The molecule has 9 heteroatoms. The lowest BCUT2D eigenvalue weighted by atomic mass is 10.0. The minimum Gasteiger partial charge on any atom is -0.377 e. The van der Waals surface area contributed by atoms with Crippen LogP contribution in [0.3, 0.4) is 0 Å². The zero-order valence-corrected chi connectivity index (χ0v) is 19.4. The molecule has 2 fully saturated rings. The number of rotatable bonds is 4. The summed E-state index contributed by atoms with van der Waals surface area (Å²) in [6.45, 7) is 3.13. The lowest BCUT2D eigenvalue weighted by Crippen LogP contribution is -2.49. The summed E-state index contributed by atoms with van der Waals surface area (Å²) in [6.07, 6.45) is 5.13. The molecule has 2 saturated heterocycles. The van der Waals surface area contributed by atoms with Crippen molar-refractivity contribution in [1.29, 1.82) is 0 Å². The molecule has 8 nitrogen and oxygen atoms in total. The third-order valence-electron chi connectivity index (χ3n) is 6.70. The van der Waals surface area contributed by atoms with Crippen LogP contribution in [-0.2, 0) is 4.74 Å². The standard InChI is InChI=1S/C25H23ClN6O2/c1-14(30-24-22-19(28-13-29-24)6-3-9-27-22)20-10-15-4-2-5-18(26)21(15)23(31-20)25(33)32-16-7-8-17(32)12-34-11-16/h2-6,9-10,13-14,16-17H,7-8,11-12H2,1H3,(H,28,29,30)/t14-,16?,17?/m0/s1. The second-order valence-electron chi connectivity index (χ2n) is 8.83. The van der Waals surface area contributed by atoms with Crippen LogP contribution < -0.4 is 5.32 Å². The molecular weight excluding hydrogens is 452 g/mol. The minimum absolute atomic E-state index is 0.0860. The number of pyridine rings is 2. The maximum Gasteiger partial charge on any atom is 0.273 e. The summed E-state index contributed by atoms with van der Waals surface area (Å²) in [5.74, 6) is 0.530. The molecule has 2 aliphatic rings. The summed E-state index contributed by atoms with van der Waals surface area (Å²) in [5, 5.41) is 5.48. The Labute approximate surface area is 201 Å². The molecule has 0 saturated carbocycles. The van der Waals surface area contributed by atoms with Crippen molar-refractivity contribution in [2.45, 2.75) is 37.9 Å². The van der Waals surface area contributed by atoms with Gasteiger partial charge in [-0.25, -0.2) is 15.0 Å². The van der Waals surface area contributed by atoms with Crippen LogP contribution in [0.15, 0.2) is 48.9 Å². The van der Waals surface area contributed by atoms with Crippen molar-refractivity contribution >= 4 is 45.1 Å². The van der Waals surface area contributed by atoms with Crippen LogP contribution in [-0.4, -0.2) is 56.0 Å². The quantitative estimate of drug-likeness (QED) is 0.468. The Morgan fingerprint density at radius 1 is 1.15 bits per heavy atom. The van der Waals surface area contributed by atoms with Gasteiger partial charge in [-0.3, -0.25) is 9.78 Å². The van der Waals surface area contributed by atoms with Gasteiger partial charge in [-0.2, -0.15) is 0 Å². The van der Waals surface area contributed by atoms with E-state index in [9.17, 15) is 4.79 Å². The summed E-state index contributed by atoms with van der Waals surface area (Å²) in [7, 11) is 0. The molecule has 4 aromatic rings. The molecule has 6 rings (SSSR count).